The molecule has 7 nitrogen and oxygen atoms in total. The van der Waals surface area contributed by atoms with E-state index in [1.54, 1.807) is 30.7 Å². The Balaban J connectivity index is 2.00. The van der Waals surface area contributed by atoms with Gasteiger partial charge in [0, 0.05) is 12.4 Å². The van der Waals surface area contributed by atoms with Crippen molar-refractivity contribution in [1.29, 1.82) is 0 Å². The first-order valence-corrected chi connectivity index (χ1v) is 5.99. The summed E-state index contributed by atoms with van der Waals surface area (Å²) in [5.74, 6) is -1.35. The number of aryl methyl sites for hydroxylation is 1. The Bertz CT molecular complexity index is 619. The lowest BCUT2D eigenvalue weighted by atomic mass is 10.3. The lowest BCUT2D eigenvalue weighted by Crippen LogP contribution is -2.26. The minimum absolute atomic E-state index is 0.240. The molecule has 1 amide bonds. The molecule has 0 unspecified atom stereocenters. The number of rotatable bonds is 5. The molecule has 2 aromatic rings. The Hall–Kier alpha value is -2.70. The number of aromatic nitrogens is 3. The van der Waals surface area contributed by atoms with Gasteiger partial charge in [-0.25, -0.2) is 0 Å². The Morgan fingerprint density at radius 2 is 2.15 bits per heavy atom. The minimum atomic E-state index is -1.00. The van der Waals surface area contributed by atoms with Crippen molar-refractivity contribution in [3.8, 4) is 0 Å². The third-order valence-corrected chi connectivity index (χ3v) is 2.63. The summed E-state index contributed by atoms with van der Waals surface area (Å²) in [6.45, 7) is 1.82. The summed E-state index contributed by atoms with van der Waals surface area (Å²) >= 11 is 0. The number of hydrogen-bond acceptors (Lipinski definition) is 4. The Morgan fingerprint density at radius 3 is 2.80 bits per heavy atom. The topological polar surface area (TPSA) is 97.1 Å². The standard InChI is InChI=1S/C13H14N4O3/c1-9-5-15-10(6-14-9)7-16-13(20)11-3-2-4-17(11)8-12(18)19/h2-6H,7-8H2,1H3,(H,16,20)(H,18,19). The van der Waals surface area contributed by atoms with E-state index < -0.39 is 5.97 Å². The van der Waals surface area contributed by atoms with Gasteiger partial charge in [0.2, 0.25) is 0 Å². The van der Waals surface area contributed by atoms with Crippen molar-refractivity contribution in [2.24, 2.45) is 0 Å². The highest BCUT2D eigenvalue weighted by Gasteiger charge is 2.12. The lowest BCUT2D eigenvalue weighted by Gasteiger charge is -2.07. The fraction of sp³-hybridized carbons (Fsp3) is 0.231. The summed E-state index contributed by atoms with van der Waals surface area (Å²) in [4.78, 5) is 30.9. The van der Waals surface area contributed by atoms with Gasteiger partial charge in [0.05, 0.1) is 24.1 Å². The SMILES string of the molecule is Cc1cnc(CNC(=O)c2cccn2CC(=O)O)cn1. The first-order chi connectivity index (χ1) is 9.56. The number of hydrogen-bond donors (Lipinski definition) is 2. The fourth-order valence-electron chi connectivity index (χ4n) is 1.68. The molecule has 2 N–H and O–H groups in total. The van der Waals surface area contributed by atoms with Crippen molar-refractivity contribution in [2.75, 3.05) is 0 Å². The van der Waals surface area contributed by atoms with E-state index in [4.69, 9.17) is 5.11 Å². The number of nitrogens with zero attached hydrogens (tertiary/aromatic N) is 3. The summed E-state index contributed by atoms with van der Waals surface area (Å²) in [6.07, 6.45) is 4.76. The molecule has 0 saturated carbocycles. The van der Waals surface area contributed by atoms with E-state index in [9.17, 15) is 9.59 Å². The molecule has 0 radical (unpaired) electrons. The van der Waals surface area contributed by atoms with Gasteiger partial charge >= 0.3 is 5.97 Å². The number of aliphatic carboxylic acids is 1. The Morgan fingerprint density at radius 1 is 1.35 bits per heavy atom. The molecule has 20 heavy (non-hydrogen) atoms. The smallest absolute Gasteiger partial charge is 0.323 e. The zero-order valence-corrected chi connectivity index (χ0v) is 10.9. The van der Waals surface area contributed by atoms with Gasteiger partial charge in [0.25, 0.3) is 5.91 Å². The summed E-state index contributed by atoms with van der Waals surface area (Å²) < 4.78 is 1.37. The Kier molecular flexibility index (Phi) is 4.09. The van der Waals surface area contributed by atoms with E-state index in [2.05, 4.69) is 15.3 Å². The third-order valence-electron chi connectivity index (χ3n) is 2.63. The molecule has 104 valence electrons. The second-order valence-corrected chi connectivity index (χ2v) is 4.25. The van der Waals surface area contributed by atoms with Crippen molar-refractivity contribution >= 4 is 11.9 Å². The monoisotopic (exact) mass is 274 g/mol. The molecular weight excluding hydrogens is 260 g/mol. The molecule has 0 aliphatic heterocycles. The van der Waals surface area contributed by atoms with E-state index in [1.165, 1.54) is 4.57 Å². The van der Waals surface area contributed by atoms with Crippen LogP contribution < -0.4 is 5.32 Å². The zero-order chi connectivity index (χ0) is 14.5. The summed E-state index contributed by atoms with van der Waals surface area (Å²) in [5, 5.41) is 11.4. The zero-order valence-electron chi connectivity index (χ0n) is 10.9. The number of carboxylic acids is 1. The van der Waals surface area contributed by atoms with Crippen LogP contribution in [0, 0.1) is 6.92 Å². The number of amides is 1. The molecule has 7 heteroatoms. The van der Waals surface area contributed by atoms with Crippen molar-refractivity contribution < 1.29 is 14.7 Å². The van der Waals surface area contributed by atoms with Crippen LogP contribution in [-0.2, 0) is 17.9 Å². The van der Waals surface area contributed by atoms with Gasteiger partial charge in [0.15, 0.2) is 0 Å². The maximum absolute atomic E-state index is 12.0. The highest BCUT2D eigenvalue weighted by molar-refractivity contribution is 5.93. The van der Waals surface area contributed by atoms with E-state index in [1.807, 2.05) is 6.92 Å². The van der Waals surface area contributed by atoms with Crippen LogP contribution >= 0.6 is 0 Å². The average molecular weight is 274 g/mol. The van der Waals surface area contributed by atoms with Crippen molar-refractivity contribution in [1.82, 2.24) is 19.9 Å². The summed E-state index contributed by atoms with van der Waals surface area (Å²) in [7, 11) is 0. The van der Waals surface area contributed by atoms with E-state index in [0.717, 1.165) is 5.69 Å². The minimum Gasteiger partial charge on any atom is -0.480 e. The maximum atomic E-state index is 12.0. The normalized spacial score (nSPS) is 10.2. The van der Waals surface area contributed by atoms with Crippen molar-refractivity contribution in [3.05, 3.63) is 47.8 Å². The van der Waals surface area contributed by atoms with Crippen LogP contribution in [0.4, 0.5) is 0 Å². The van der Waals surface area contributed by atoms with E-state index in [0.29, 0.717) is 11.4 Å². The molecule has 0 spiro atoms. The molecule has 2 heterocycles. The van der Waals surface area contributed by atoms with Gasteiger partial charge in [-0.2, -0.15) is 0 Å². The molecule has 0 aliphatic carbocycles. The van der Waals surface area contributed by atoms with Crippen LogP contribution in [-0.4, -0.2) is 31.5 Å². The highest BCUT2D eigenvalue weighted by Crippen LogP contribution is 2.03. The molecule has 0 bridgehead atoms. The molecular formula is C13H14N4O3. The van der Waals surface area contributed by atoms with Gasteiger partial charge in [-0.1, -0.05) is 0 Å². The number of nitrogens with one attached hydrogen (secondary N) is 1. The number of carbonyl (C=O) groups is 2. The van der Waals surface area contributed by atoms with E-state index >= 15 is 0 Å². The lowest BCUT2D eigenvalue weighted by molar-refractivity contribution is -0.137. The predicted octanol–water partition coefficient (Wildman–Crippen LogP) is 0.601. The highest BCUT2D eigenvalue weighted by atomic mass is 16.4. The Labute approximate surface area is 115 Å². The van der Waals surface area contributed by atoms with Gasteiger partial charge in [-0.05, 0) is 19.1 Å². The predicted molar refractivity (Wildman–Crippen MR) is 70.0 cm³/mol. The number of carbonyl (C=O) groups excluding carboxylic acids is 1. The van der Waals surface area contributed by atoms with Crippen LogP contribution in [0.15, 0.2) is 30.7 Å². The molecule has 0 saturated heterocycles. The van der Waals surface area contributed by atoms with Gasteiger partial charge < -0.3 is 15.0 Å². The molecule has 0 fully saturated rings. The molecule has 2 aromatic heterocycles. The van der Waals surface area contributed by atoms with Crippen molar-refractivity contribution in [2.45, 2.75) is 20.0 Å². The molecule has 0 aliphatic rings. The summed E-state index contributed by atoms with van der Waals surface area (Å²) in [6, 6.07) is 3.20. The number of carboxylic acid groups (broad SMARTS) is 1. The van der Waals surface area contributed by atoms with Gasteiger partial charge in [-0.3, -0.25) is 19.6 Å². The largest absolute Gasteiger partial charge is 0.480 e. The fourth-order valence-corrected chi connectivity index (χ4v) is 1.68. The van der Waals surface area contributed by atoms with Gasteiger partial charge in [-0.15, -0.1) is 0 Å². The molecule has 0 aromatic carbocycles. The average Bonchev–Trinajstić information content (AvgIpc) is 2.85. The van der Waals surface area contributed by atoms with Crippen LogP contribution in [0.2, 0.25) is 0 Å². The second-order valence-electron chi connectivity index (χ2n) is 4.25. The maximum Gasteiger partial charge on any atom is 0.323 e. The quantitative estimate of drug-likeness (QED) is 0.832. The van der Waals surface area contributed by atoms with Crippen LogP contribution in [0.1, 0.15) is 21.9 Å². The first-order valence-electron chi connectivity index (χ1n) is 5.99. The summed E-state index contributed by atoms with van der Waals surface area (Å²) in [5.41, 5.74) is 1.74. The van der Waals surface area contributed by atoms with Crippen molar-refractivity contribution in [3.63, 3.8) is 0 Å². The van der Waals surface area contributed by atoms with Crippen LogP contribution in [0.3, 0.4) is 0 Å². The molecule has 2 rings (SSSR count). The van der Waals surface area contributed by atoms with E-state index in [-0.39, 0.29) is 19.0 Å². The molecule has 0 atom stereocenters. The van der Waals surface area contributed by atoms with Crippen LogP contribution in [0.25, 0.3) is 0 Å². The van der Waals surface area contributed by atoms with Gasteiger partial charge in [0.1, 0.15) is 12.2 Å². The third kappa shape index (κ3) is 3.41. The second kappa shape index (κ2) is 5.96. The van der Waals surface area contributed by atoms with Crippen LogP contribution in [0.5, 0.6) is 0 Å². The first kappa shape index (κ1) is 13.7.